The quantitative estimate of drug-likeness (QED) is 0.767. The Hall–Kier alpha value is -1.72. The molecule has 0 saturated carbocycles. The van der Waals surface area contributed by atoms with Crippen molar-refractivity contribution in [3.05, 3.63) is 30.5 Å². The summed E-state index contributed by atoms with van der Waals surface area (Å²) in [4.78, 5) is 2.10. The summed E-state index contributed by atoms with van der Waals surface area (Å²) in [7, 11) is 4.08. The number of rotatable bonds is 7. The van der Waals surface area contributed by atoms with Crippen molar-refractivity contribution in [2.45, 2.75) is 0 Å². The second-order valence-corrected chi connectivity index (χ2v) is 4.62. The van der Waals surface area contributed by atoms with Crippen LogP contribution in [0.5, 0.6) is 0 Å². The molecule has 2 rings (SSSR count). The van der Waals surface area contributed by atoms with Crippen molar-refractivity contribution < 1.29 is 4.74 Å². The van der Waals surface area contributed by atoms with Gasteiger partial charge in [0.2, 0.25) is 0 Å². The lowest BCUT2D eigenvalue weighted by Gasteiger charge is -2.11. The van der Waals surface area contributed by atoms with Crippen LogP contribution in [0, 0.1) is 0 Å². The molecule has 5 heteroatoms. The summed E-state index contributed by atoms with van der Waals surface area (Å²) in [6, 6.07) is 7.97. The predicted octanol–water partition coefficient (Wildman–Crippen LogP) is 1.62. The van der Waals surface area contributed by atoms with Crippen LogP contribution in [0.25, 0.3) is 10.9 Å². The van der Waals surface area contributed by atoms with Crippen LogP contribution in [0.4, 0.5) is 5.69 Å². The number of nitrogens with zero attached hydrogens (tertiary/aromatic N) is 3. The molecule has 0 atom stereocenters. The third-order valence-corrected chi connectivity index (χ3v) is 2.79. The van der Waals surface area contributed by atoms with Gasteiger partial charge < -0.3 is 15.0 Å². The number of benzene rings is 1. The predicted molar refractivity (Wildman–Crippen MR) is 77.4 cm³/mol. The fraction of sp³-hybridized carbons (Fsp3) is 0.429. The van der Waals surface area contributed by atoms with E-state index in [1.807, 2.05) is 38.4 Å². The summed E-state index contributed by atoms with van der Waals surface area (Å²) in [6.07, 6.45) is 1.75. The molecule has 0 amide bonds. The van der Waals surface area contributed by atoms with E-state index in [4.69, 9.17) is 4.74 Å². The summed E-state index contributed by atoms with van der Waals surface area (Å²) >= 11 is 0. The number of fused-ring (bicyclic) bond motifs is 1. The van der Waals surface area contributed by atoms with Gasteiger partial charge in [0.15, 0.2) is 0 Å². The second kappa shape index (κ2) is 7.01. The summed E-state index contributed by atoms with van der Waals surface area (Å²) in [5.74, 6) is 0. The first-order valence-electron chi connectivity index (χ1n) is 6.44. The first-order chi connectivity index (χ1) is 9.27. The van der Waals surface area contributed by atoms with E-state index in [2.05, 4.69) is 20.4 Å². The van der Waals surface area contributed by atoms with Gasteiger partial charge in [0, 0.05) is 18.5 Å². The van der Waals surface area contributed by atoms with Crippen LogP contribution in [0.15, 0.2) is 30.5 Å². The molecule has 1 N–H and O–H groups in total. The van der Waals surface area contributed by atoms with Crippen LogP contribution in [0.2, 0.25) is 0 Å². The lowest BCUT2D eigenvalue weighted by atomic mass is 10.2. The van der Waals surface area contributed by atoms with Crippen LogP contribution >= 0.6 is 0 Å². The molecule has 1 aromatic carbocycles. The highest BCUT2D eigenvalue weighted by Gasteiger charge is 2.01. The number of hydrogen-bond donors (Lipinski definition) is 1. The van der Waals surface area contributed by atoms with Crippen molar-refractivity contribution in [2.75, 3.05) is 45.7 Å². The fourth-order valence-corrected chi connectivity index (χ4v) is 1.75. The van der Waals surface area contributed by atoms with Crippen LogP contribution in [-0.2, 0) is 4.74 Å². The van der Waals surface area contributed by atoms with Crippen LogP contribution < -0.4 is 5.32 Å². The largest absolute Gasteiger partial charge is 0.381 e. The Bertz CT molecular complexity index is 510. The SMILES string of the molecule is CN(C)CCOCCNc1cnnc2ccccc12. The smallest absolute Gasteiger partial charge is 0.0950 e. The van der Waals surface area contributed by atoms with Gasteiger partial charge in [0.05, 0.1) is 30.6 Å². The molecule has 0 aliphatic rings. The summed E-state index contributed by atoms with van der Waals surface area (Å²) < 4.78 is 5.54. The lowest BCUT2D eigenvalue weighted by molar-refractivity contribution is 0.126. The number of nitrogens with one attached hydrogen (secondary N) is 1. The van der Waals surface area contributed by atoms with Crippen molar-refractivity contribution in [1.82, 2.24) is 15.1 Å². The van der Waals surface area contributed by atoms with Crippen LogP contribution in [0.3, 0.4) is 0 Å². The molecular weight excluding hydrogens is 240 g/mol. The number of ether oxygens (including phenoxy) is 1. The van der Waals surface area contributed by atoms with E-state index in [-0.39, 0.29) is 0 Å². The van der Waals surface area contributed by atoms with Crippen molar-refractivity contribution in [3.63, 3.8) is 0 Å². The summed E-state index contributed by atoms with van der Waals surface area (Å²) in [6.45, 7) is 3.15. The van der Waals surface area contributed by atoms with E-state index < -0.39 is 0 Å². The van der Waals surface area contributed by atoms with Crippen molar-refractivity contribution in [1.29, 1.82) is 0 Å². The Morgan fingerprint density at radius 1 is 1.21 bits per heavy atom. The van der Waals surface area contributed by atoms with E-state index >= 15 is 0 Å². The van der Waals surface area contributed by atoms with E-state index in [1.54, 1.807) is 6.20 Å². The maximum absolute atomic E-state index is 5.54. The molecule has 1 aromatic heterocycles. The highest BCUT2D eigenvalue weighted by molar-refractivity contribution is 5.90. The Balaban J connectivity index is 1.82. The van der Waals surface area contributed by atoms with Gasteiger partial charge in [-0.25, -0.2) is 0 Å². The number of aromatic nitrogens is 2. The Kier molecular flexibility index (Phi) is 5.06. The standard InChI is InChI=1S/C14H20N4O/c1-18(2)8-10-19-9-7-15-14-11-16-17-13-6-4-3-5-12(13)14/h3-6,11H,7-10H2,1-2H3,(H,15,17). The summed E-state index contributed by atoms with van der Waals surface area (Å²) in [5, 5.41) is 12.5. The third-order valence-electron chi connectivity index (χ3n) is 2.79. The van der Waals surface area contributed by atoms with Crippen molar-refractivity contribution in [2.24, 2.45) is 0 Å². The van der Waals surface area contributed by atoms with Gasteiger partial charge in [-0.2, -0.15) is 10.2 Å². The van der Waals surface area contributed by atoms with Gasteiger partial charge in [0.25, 0.3) is 0 Å². The molecule has 0 radical (unpaired) electrons. The van der Waals surface area contributed by atoms with E-state index in [0.29, 0.717) is 6.61 Å². The highest BCUT2D eigenvalue weighted by Crippen LogP contribution is 2.19. The maximum atomic E-state index is 5.54. The first-order valence-corrected chi connectivity index (χ1v) is 6.44. The van der Waals surface area contributed by atoms with E-state index in [1.165, 1.54) is 0 Å². The number of hydrogen-bond acceptors (Lipinski definition) is 5. The molecule has 0 unspecified atom stereocenters. The number of anilines is 1. The monoisotopic (exact) mass is 260 g/mol. The molecule has 0 bridgehead atoms. The Morgan fingerprint density at radius 3 is 2.89 bits per heavy atom. The fourth-order valence-electron chi connectivity index (χ4n) is 1.75. The average Bonchev–Trinajstić information content (AvgIpc) is 2.42. The molecule has 2 aromatic rings. The van der Waals surface area contributed by atoms with Crippen molar-refractivity contribution >= 4 is 16.6 Å². The average molecular weight is 260 g/mol. The van der Waals surface area contributed by atoms with Gasteiger partial charge in [0.1, 0.15) is 0 Å². The molecule has 19 heavy (non-hydrogen) atoms. The van der Waals surface area contributed by atoms with Gasteiger partial charge in [-0.1, -0.05) is 18.2 Å². The Morgan fingerprint density at radius 2 is 2.05 bits per heavy atom. The van der Waals surface area contributed by atoms with Gasteiger partial charge in [-0.3, -0.25) is 0 Å². The molecular formula is C14H20N4O. The maximum Gasteiger partial charge on any atom is 0.0950 e. The van der Waals surface area contributed by atoms with Crippen LogP contribution in [-0.4, -0.2) is 55.5 Å². The zero-order valence-corrected chi connectivity index (χ0v) is 11.5. The topological polar surface area (TPSA) is 50.3 Å². The molecule has 0 saturated heterocycles. The minimum atomic E-state index is 0.685. The molecule has 0 fully saturated rings. The van der Waals surface area contributed by atoms with E-state index in [0.717, 1.165) is 36.3 Å². The number of likely N-dealkylation sites (N-methyl/N-ethyl adjacent to an activating group) is 1. The van der Waals surface area contributed by atoms with Gasteiger partial charge in [-0.15, -0.1) is 0 Å². The van der Waals surface area contributed by atoms with Crippen LogP contribution in [0.1, 0.15) is 0 Å². The molecule has 1 heterocycles. The zero-order chi connectivity index (χ0) is 13.5. The van der Waals surface area contributed by atoms with E-state index in [9.17, 15) is 0 Å². The minimum absolute atomic E-state index is 0.685. The molecule has 0 aliphatic carbocycles. The highest BCUT2D eigenvalue weighted by atomic mass is 16.5. The third kappa shape index (κ3) is 4.15. The van der Waals surface area contributed by atoms with Crippen molar-refractivity contribution in [3.8, 4) is 0 Å². The molecule has 5 nitrogen and oxygen atoms in total. The molecule has 0 aliphatic heterocycles. The first kappa shape index (κ1) is 13.7. The zero-order valence-electron chi connectivity index (χ0n) is 11.5. The normalized spacial score (nSPS) is 11.1. The van der Waals surface area contributed by atoms with Gasteiger partial charge >= 0.3 is 0 Å². The molecule has 102 valence electrons. The Labute approximate surface area is 113 Å². The lowest BCUT2D eigenvalue weighted by Crippen LogP contribution is -2.20. The molecule has 0 spiro atoms. The van der Waals surface area contributed by atoms with Gasteiger partial charge in [-0.05, 0) is 20.2 Å². The second-order valence-electron chi connectivity index (χ2n) is 4.62. The summed E-state index contributed by atoms with van der Waals surface area (Å²) in [5.41, 5.74) is 1.91. The minimum Gasteiger partial charge on any atom is -0.381 e.